The summed E-state index contributed by atoms with van der Waals surface area (Å²) >= 11 is 0. The van der Waals surface area contributed by atoms with Gasteiger partial charge < -0.3 is 10.2 Å². The fourth-order valence-corrected chi connectivity index (χ4v) is 8.29. The predicted molar refractivity (Wildman–Crippen MR) is 88.7 cm³/mol. The van der Waals surface area contributed by atoms with E-state index in [2.05, 4.69) is 34.6 Å². The van der Waals surface area contributed by atoms with Gasteiger partial charge in [0, 0.05) is 11.8 Å². The van der Waals surface area contributed by atoms with Crippen LogP contribution in [0.15, 0.2) is 0 Å². The van der Waals surface area contributed by atoms with Crippen LogP contribution in [0.5, 0.6) is 0 Å². The summed E-state index contributed by atoms with van der Waals surface area (Å²) in [6.45, 7) is 11.2. The summed E-state index contributed by atoms with van der Waals surface area (Å²) in [4.78, 5) is 12.9. The zero-order valence-corrected chi connectivity index (χ0v) is 15.2. The van der Waals surface area contributed by atoms with Crippen molar-refractivity contribution in [2.75, 3.05) is 0 Å². The summed E-state index contributed by atoms with van der Waals surface area (Å²) in [5.74, 6) is 1.32. The first kappa shape index (κ1) is 16.1. The normalized spacial score (nSPS) is 60.5. The molecule has 2 N–H and O–H groups in total. The Morgan fingerprint density at radius 3 is 2.43 bits per heavy atom. The topological polar surface area (TPSA) is 57.5 Å². The molecule has 0 bridgehead atoms. The molecule has 4 saturated carbocycles. The van der Waals surface area contributed by atoms with Gasteiger partial charge in [-0.15, -0.1) is 0 Å². The molecule has 4 fully saturated rings. The summed E-state index contributed by atoms with van der Waals surface area (Å²) in [7, 11) is 0. The zero-order valence-electron chi connectivity index (χ0n) is 15.2. The maximum absolute atomic E-state index is 12.9. The van der Waals surface area contributed by atoms with Crippen molar-refractivity contribution in [2.24, 2.45) is 39.4 Å². The minimum Gasteiger partial charge on any atom is -0.393 e. The average Bonchev–Trinajstić information content (AvgIpc) is 2.94. The third kappa shape index (κ3) is 1.53. The van der Waals surface area contributed by atoms with Crippen LogP contribution >= 0.6 is 0 Å². The van der Waals surface area contributed by atoms with Gasteiger partial charge in [-0.2, -0.15) is 0 Å². The molecular weight excluding hydrogens is 288 g/mol. The molecule has 8 unspecified atom stereocenters. The molecule has 0 aliphatic heterocycles. The Morgan fingerprint density at radius 1 is 1.13 bits per heavy atom. The zero-order chi connectivity index (χ0) is 17.0. The molecule has 8 atom stereocenters. The van der Waals surface area contributed by atoms with Crippen LogP contribution in [0.4, 0.5) is 0 Å². The van der Waals surface area contributed by atoms with Crippen LogP contribution in [-0.4, -0.2) is 28.2 Å². The Morgan fingerprint density at radius 2 is 1.78 bits per heavy atom. The molecule has 0 radical (unpaired) electrons. The van der Waals surface area contributed by atoms with Gasteiger partial charge >= 0.3 is 0 Å². The number of rotatable bonds is 0. The van der Waals surface area contributed by atoms with Gasteiger partial charge in [-0.25, -0.2) is 0 Å². The van der Waals surface area contributed by atoms with Gasteiger partial charge in [-0.1, -0.05) is 34.6 Å². The maximum Gasteiger partial charge on any atom is 0.141 e. The van der Waals surface area contributed by atoms with Crippen molar-refractivity contribution in [3.05, 3.63) is 0 Å². The monoisotopic (exact) mass is 320 g/mol. The number of ketones is 1. The molecule has 1 spiro atoms. The van der Waals surface area contributed by atoms with E-state index in [0.717, 1.165) is 25.7 Å². The van der Waals surface area contributed by atoms with Gasteiger partial charge in [0.15, 0.2) is 0 Å². The van der Waals surface area contributed by atoms with E-state index in [1.807, 2.05) is 0 Å². The van der Waals surface area contributed by atoms with E-state index in [1.165, 1.54) is 0 Å². The highest BCUT2D eigenvalue weighted by atomic mass is 16.3. The number of carbonyl (C=O) groups excluding carboxylic acids is 1. The minimum atomic E-state index is -0.515. The summed E-state index contributed by atoms with van der Waals surface area (Å²) in [6, 6.07) is 0. The lowest BCUT2D eigenvalue weighted by Crippen LogP contribution is -2.56. The van der Waals surface area contributed by atoms with Crippen molar-refractivity contribution in [3.63, 3.8) is 0 Å². The lowest BCUT2D eigenvalue weighted by molar-refractivity contribution is -0.159. The smallest absolute Gasteiger partial charge is 0.141 e. The Hall–Kier alpha value is -0.410. The van der Waals surface area contributed by atoms with Crippen LogP contribution in [0, 0.1) is 39.4 Å². The lowest BCUT2D eigenvalue weighted by Gasteiger charge is -2.54. The van der Waals surface area contributed by atoms with E-state index in [4.69, 9.17) is 0 Å². The molecule has 4 aliphatic rings. The van der Waals surface area contributed by atoms with Gasteiger partial charge in [0.1, 0.15) is 5.78 Å². The van der Waals surface area contributed by atoms with Crippen LogP contribution in [0.1, 0.15) is 66.7 Å². The van der Waals surface area contributed by atoms with Crippen LogP contribution in [0.25, 0.3) is 0 Å². The Labute approximate surface area is 139 Å². The number of hydrogen-bond donors (Lipinski definition) is 2. The van der Waals surface area contributed by atoms with Crippen LogP contribution in [0.3, 0.4) is 0 Å². The molecule has 0 aromatic heterocycles. The SMILES string of the molecule is CC1C(O)CC(=O)C2(C)CCC3C4C(C)(C)CC(O)C4(C)CC132. The van der Waals surface area contributed by atoms with E-state index >= 15 is 0 Å². The quantitative estimate of drug-likeness (QED) is 0.721. The molecule has 4 rings (SSSR count). The molecule has 0 amide bonds. The minimum absolute atomic E-state index is 0.110. The second kappa shape index (κ2) is 4.22. The number of aliphatic hydroxyl groups is 2. The third-order valence-electron chi connectivity index (χ3n) is 9.15. The van der Waals surface area contributed by atoms with E-state index in [-0.39, 0.29) is 39.5 Å². The largest absolute Gasteiger partial charge is 0.393 e. The van der Waals surface area contributed by atoms with Gasteiger partial charge in [0.25, 0.3) is 0 Å². The van der Waals surface area contributed by atoms with Crippen LogP contribution < -0.4 is 0 Å². The fourth-order valence-electron chi connectivity index (χ4n) is 8.29. The first-order chi connectivity index (χ1) is 10.5. The standard InChI is InChI=1S/C20H32O3/c1-11-13(21)8-14(22)19(5)7-6-12-16-17(2,3)9-15(23)18(16,4)10-20(11,12)19/h11-13,15-16,21,23H,6-10H2,1-5H3. The highest BCUT2D eigenvalue weighted by molar-refractivity contribution is 5.87. The van der Waals surface area contributed by atoms with Crippen LogP contribution in [0.2, 0.25) is 0 Å². The number of fused-ring (bicyclic) bond motifs is 2. The van der Waals surface area contributed by atoms with Gasteiger partial charge in [-0.3, -0.25) is 4.79 Å². The first-order valence-electron chi connectivity index (χ1n) is 9.40. The van der Waals surface area contributed by atoms with Gasteiger partial charge in [0.05, 0.1) is 12.2 Å². The summed E-state index contributed by atoms with van der Waals surface area (Å²) in [6.07, 6.45) is 3.33. The number of hydrogen-bond acceptors (Lipinski definition) is 3. The second-order valence-electron chi connectivity index (χ2n) is 10.4. The van der Waals surface area contributed by atoms with Crippen LogP contribution in [-0.2, 0) is 4.79 Å². The summed E-state index contributed by atoms with van der Waals surface area (Å²) in [5, 5.41) is 21.5. The molecule has 3 nitrogen and oxygen atoms in total. The highest BCUT2D eigenvalue weighted by Crippen LogP contribution is 2.80. The Bertz CT molecular complexity index is 569. The molecular formula is C20H32O3. The lowest BCUT2D eigenvalue weighted by atomic mass is 9.49. The molecule has 4 aliphatic carbocycles. The van der Waals surface area contributed by atoms with E-state index in [1.54, 1.807) is 0 Å². The van der Waals surface area contributed by atoms with E-state index < -0.39 is 6.10 Å². The number of Topliss-reactive ketones (excluding diaryl/α,β-unsaturated/α-hetero) is 1. The maximum atomic E-state index is 12.9. The molecule has 130 valence electrons. The van der Waals surface area contributed by atoms with Crippen molar-refractivity contribution in [1.82, 2.24) is 0 Å². The van der Waals surface area contributed by atoms with Crippen molar-refractivity contribution >= 4 is 5.78 Å². The number of aliphatic hydroxyl groups excluding tert-OH is 2. The molecule has 0 aromatic rings. The fraction of sp³-hybridized carbons (Fsp3) is 0.950. The van der Waals surface area contributed by atoms with Crippen molar-refractivity contribution in [2.45, 2.75) is 78.9 Å². The second-order valence-corrected chi connectivity index (χ2v) is 10.4. The van der Waals surface area contributed by atoms with E-state index in [9.17, 15) is 15.0 Å². The molecule has 0 saturated heterocycles. The summed E-state index contributed by atoms with van der Waals surface area (Å²) in [5.41, 5.74) is -0.431. The van der Waals surface area contributed by atoms with Gasteiger partial charge in [-0.05, 0) is 59.7 Å². The van der Waals surface area contributed by atoms with Crippen molar-refractivity contribution < 1.29 is 15.0 Å². The Balaban J connectivity index is 1.91. The van der Waals surface area contributed by atoms with Crippen molar-refractivity contribution in [3.8, 4) is 0 Å². The van der Waals surface area contributed by atoms with Crippen molar-refractivity contribution in [1.29, 1.82) is 0 Å². The van der Waals surface area contributed by atoms with Gasteiger partial charge in [0.2, 0.25) is 0 Å². The van der Waals surface area contributed by atoms with E-state index in [0.29, 0.717) is 18.3 Å². The molecule has 0 heterocycles. The molecule has 0 aromatic carbocycles. The first-order valence-corrected chi connectivity index (χ1v) is 9.40. The average molecular weight is 320 g/mol. The number of carbonyl (C=O) groups is 1. The molecule has 3 heteroatoms. The Kier molecular flexibility index (Phi) is 2.95. The summed E-state index contributed by atoms with van der Waals surface area (Å²) < 4.78 is 0. The third-order valence-corrected chi connectivity index (χ3v) is 9.15. The predicted octanol–water partition coefficient (Wildman–Crippen LogP) is 3.18. The molecule has 23 heavy (non-hydrogen) atoms. The highest BCUT2D eigenvalue weighted by Gasteiger charge is 2.78.